The smallest absolute Gasteiger partial charge is 0.410 e. The molecule has 2 aromatic carbocycles. The van der Waals surface area contributed by atoms with Crippen molar-refractivity contribution in [2.24, 2.45) is 17.8 Å². The van der Waals surface area contributed by atoms with Crippen LogP contribution < -0.4 is 9.64 Å². The third-order valence-corrected chi connectivity index (χ3v) is 9.39. The van der Waals surface area contributed by atoms with E-state index in [1.54, 1.807) is 57.4 Å². The van der Waals surface area contributed by atoms with Crippen molar-refractivity contribution in [3.63, 3.8) is 0 Å². The number of benzene rings is 2. The van der Waals surface area contributed by atoms with E-state index in [0.29, 0.717) is 47.0 Å². The number of ether oxygens (including phenoxy) is 2. The van der Waals surface area contributed by atoms with Crippen molar-refractivity contribution in [1.82, 2.24) is 24.4 Å². The maximum Gasteiger partial charge on any atom is 0.410 e. The molecule has 2 bridgehead atoms. The van der Waals surface area contributed by atoms with Crippen LogP contribution in [0.5, 0.6) is 5.75 Å². The molecule has 4 atom stereocenters. The van der Waals surface area contributed by atoms with E-state index in [2.05, 4.69) is 15.0 Å². The fourth-order valence-electron chi connectivity index (χ4n) is 7.45. The zero-order valence-corrected chi connectivity index (χ0v) is 26.6. The van der Waals surface area contributed by atoms with Gasteiger partial charge in [-0.25, -0.2) is 24.1 Å². The Hall–Kier alpha value is -4.88. The molecule has 1 N–H and O–H groups in total. The van der Waals surface area contributed by atoms with Crippen molar-refractivity contribution >= 4 is 29.0 Å². The maximum atomic E-state index is 15.7. The number of rotatable bonds is 6. The van der Waals surface area contributed by atoms with E-state index in [-0.39, 0.29) is 42.2 Å². The number of nitrogens with zero attached hydrogens (tertiary/aromatic N) is 6. The molecule has 14 heteroatoms. The summed E-state index contributed by atoms with van der Waals surface area (Å²) >= 11 is 0. The van der Waals surface area contributed by atoms with E-state index in [1.165, 1.54) is 17.0 Å². The average Bonchev–Trinajstić information content (AvgIpc) is 3.52. The van der Waals surface area contributed by atoms with Crippen molar-refractivity contribution < 1.29 is 37.3 Å². The number of anilines is 1. The molecule has 11 nitrogen and oxygen atoms in total. The lowest BCUT2D eigenvalue weighted by Gasteiger charge is -2.36. The summed E-state index contributed by atoms with van der Waals surface area (Å²) in [5.74, 6) is -0.768. The van der Waals surface area contributed by atoms with Crippen LogP contribution in [0.1, 0.15) is 51.0 Å². The molecular weight excluding hydrogens is 629 g/mol. The van der Waals surface area contributed by atoms with E-state index < -0.39 is 36.1 Å². The second-order valence-electron chi connectivity index (χ2n) is 13.7. The number of hydrogen-bond donors (Lipinski definition) is 1. The molecule has 0 spiro atoms. The first kappa shape index (κ1) is 31.7. The van der Waals surface area contributed by atoms with Gasteiger partial charge in [-0.2, -0.15) is 8.78 Å². The molecule has 252 valence electrons. The summed E-state index contributed by atoms with van der Waals surface area (Å²) in [6.07, 6.45) is 4.19. The number of aliphatic carboxylic acids is 1. The van der Waals surface area contributed by atoms with E-state index in [4.69, 9.17) is 9.47 Å². The van der Waals surface area contributed by atoms with Crippen LogP contribution in [0, 0.1) is 23.6 Å². The molecule has 2 fully saturated rings. The number of amides is 1. The number of aromatic nitrogens is 4. The molecule has 2 aromatic heterocycles. The van der Waals surface area contributed by atoms with Gasteiger partial charge < -0.3 is 24.0 Å². The largest absolute Gasteiger partial charge is 0.481 e. The first-order valence-electron chi connectivity index (χ1n) is 15.9. The third-order valence-electron chi connectivity index (χ3n) is 9.39. The van der Waals surface area contributed by atoms with Crippen LogP contribution in [0.3, 0.4) is 0 Å². The lowest BCUT2D eigenvalue weighted by Crippen LogP contribution is -2.45. The Balaban J connectivity index is 1.25. The number of imidazole rings is 1. The first-order valence-corrected chi connectivity index (χ1v) is 15.9. The molecule has 4 aromatic rings. The number of carboxylic acid groups (broad SMARTS) is 1. The van der Waals surface area contributed by atoms with Crippen LogP contribution in [0.2, 0.25) is 0 Å². The molecular formula is C34H35F3N6O5. The van der Waals surface area contributed by atoms with Gasteiger partial charge in [-0.3, -0.25) is 9.69 Å². The predicted molar refractivity (Wildman–Crippen MR) is 168 cm³/mol. The molecule has 2 aliphatic heterocycles. The van der Waals surface area contributed by atoms with Gasteiger partial charge >= 0.3 is 18.7 Å². The molecule has 1 saturated carbocycles. The van der Waals surface area contributed by atoms with Gasteiger partial charge in [-0.1, -0.05) is 18.2 Å². The number of carboxylic acids is 1. The Morgan fingerprint density at radius 2 is 1.71 bits per heavy atom. The number of piperidine rings is 1. The fourth-order valence-corrected chi connectivity index (χ4v) is 7.45. The van der Waals surface area contributed by atoms with Gasteiger partial charge in [0.05, 0.1) is 29.5 Å². The quantitative estimate of drug-likeness (QED) is 0.260. The van der Waals surface area contributed by atoms with Crippen LogP contribution in [0.15, 0.2) is 48.8 Å². The van der Waals surface area contributed by atoms with Crippen LogP contribution in [0.4, 0.5) is 23.9 Å². The molecule has 48 heavy (non-hydrogen) atoms. The summed E-state index contributed by atoms with van der Waals surface area (Å²) < 4.78 is 55.0. The van der Waals surface area contributed by atoms with Crippen LogP contribution >= 0.6 is 0 Å². The zero-order chi connectivity index (χ0) is 33.9. The monoisotopic (exact) mass is 664 g/mol. The second kappa shape index (κ2) is 12.0. The van der Waals surface area contributed by atoms with Crippen LogP contribution in [-0.2, 0) is 16.1 Å². The molecule has 7 rings (SSSR count). The van der Waals surface area contributed by atoms with Crippen LogP contribution in [-0.4, -0.2) is 73.4 Å². The number of para-hydroxylation sites is 1. The summed E-state index contributed by atoms with van der Waals surface area (Å²) in [4.78, 5) is 42.2. The molecule has 0 radical (unpaired) electrons. The van der Waals surface area contributed by atoms with Gasteiger partial charge in [-0.15, -0.1) is 0 Å². The second-order valence-corrected chi connectivity index (χ2v) is 13.7. The highest BCUT2D eigenvalue weighted by molar-refractivity contribution is 5.84. The van der Waals surface area contributed by atoms with Crippen LogP contribution in [0.25, 0.3) is 22.2 Å². The molecule has 4 heterocycles. The lowest BCUT2D eigenvalue weighted by atomic mass is 9.85. The Bertz CT molecular complexity index is 1860. The number of halogens is 3. The number of carbonyl (C=O) groups excluding carboxylic acids is 1. The van der Waals surface area contributed by atoms with Gasteiger partial charge in [-0.05, 0) is 57.6 Å². The Labute approximate surface area is 274 Å². The SMILES string of the molecule is CC(C)(C)OC(=O)N1Cc2nc3cc(F)c(-c4cnc(N5C[C@H]6CC[C@@H](C5)[C@@H]6C(=O)O)nc4)cc3n2[C@@H](c2ccccc2OC(F)F)C1. The Morgan fingerprint density at radius 3 is 2.35 bits per heavy atom. The first-order chi connectivity index (χ1) is 22.9. The highest BCUT2D eigenvalue weighted by Crippen LogP contribution is 2.43. The molecule has 1 aliphatic carbocycles. The topological polar surface area (TPSA) is 123 Å². The van der Waals surface area contributed by atoms with Gasteiger partial charge in [0.15, 0.2) is 0 Å². The summed E-state index contributed by atoms with van der Waals surface area (Å²) in [6, 6.07) is 8.57. The lowest BCUT2D eigenvalue weighted by molar-refractivity contribution is -0.144. The predicted octanol–water partition coefficient (Wildman–Crippen LogP) is 6.12. The van der Waals surface area contributed by atoms with Crippen molar-refractivity contribution in [1.29, 1.82) is 0 Å². The molecule has 3 aliphatic rings. The minimum atomic E-state index is -3.07. The molecule has 0 unspecified atom stereocenters. The van der Waals surface area contributed by atoms with E-state index in [0.717, 1.165) is 12.8 Å². The zero-order valence-electron chi connectivity index (χ0n) is 26.6. The van der Waals surface area contributed by atoms with Gasteiger partial charge in [0, 0.05) is 54.8 Å². The average molecular weight is 665 g/mol. The third kappa shape index (κ3) is 5.88. The standard InChI is InChI=1S/C34H35F3N6O5/c1-34(2,3)48-33(46)42-16-26(21-6-4-5-7-27(21)47-31(36)37)43-25-10-22(23(35)11-24(25)40-28(43)17-42)20-12-38-32(39-13-20)41-14-18-8-9-19(15-41)29(18)30(44)45/h4-7,10-13,18-19,26,29,31H,8-9,14-17H2,1-3H3,(H,44,45)/t18-,19+,26-,29-/m1/s1. The summed E-state index contributed by atoms with van der Waals surface area (Å²) in [5, 5.41) is 9.65. The summed E-state index contributed by atoms with van der Waals surface area (Å²) in [7, 11) is 0. The van der Waals surface area contributed by atoms with Gasteiger partial charge in [0.2, 0.25) is 5.95 Å². The van der Waals surface area contributed by atoms with Crippen molar-refractivity contribution in [2.45, 2.75) is 58.4 Å². The molecule has 1 amide bonds. The minimum absolute atomic E-state index is 0.0350. The van der Waals surface area contributed by atoms with E-state index in [9.17, 15) is 23.5 Å². The summed E-state index contributed by atoms with van der Waals surface area (Å²) in [6.45, 7) is 3.38. The number of hydrogen-bond acceptors (Lipinski definition) is 8. The van der Waals surface area contributed by atoms with Gasteiger partial charge in [0.1, 0.15) is 23.0 Å². The van der Waals surface area contributed by atoms with Crippen molar-refractivity contribution in [3.05, 3.63) is 66.0 Å². The van der Waals surface area contributed by atoms with Crippen molar-refractivity contribution in [2.75, 3.05) is 24.5 Å². The normalized spacial score (nSPS) is 22.2. The van der Waals surface area contributed by atoms with Gasteiger partial charge in [0.25, 0.3) is 0 Å². The van der Waals surface area contributed by atoms with E-state index in [1.807, 2.05) is 9.47 Å². The van der Waals surface area contributed by atoms with E-state index >= 15 is 4.39 Å². The number of alkyl halides is 2. The number of fused-ring (bicyclic) bond motifs is 5. The summed E-state index contributed by atoms with van der Waals surface area (Å²) in [5.41, 5.74) is 1.10. The highest BCUT2D eigenvalue weighted by Gasteiger charge is 2.46. The fraction of sp³-hybridized carbons (Fsp3) is 0.441. The minimum Gasteiger partial charge on any atom is -0.481 e. The Morgan fingerprint density at radius 1 is 1.02 bits per heavy atom. The van der Waals surface area contributed by atoms with Crippen molar-refractivity contribution in [3.8, 4) is 16.9 Å². The molecule has 1 saturated heterocycles. The maximum absolute atomic E-state index is 15.7. The number of carbonyl (C=O) groups is 2. The Kier molecular flexibility index (Phi) is 7.91. The highest BCUT2D eigenvalue weighted by atomic mass is 19.3.